The summed E-state index contributed by atoms with van der Waals surface area (Å²) in [4.78, 5) is 2.69. The molecule has 0 amide bonds. The minimum atomic E-state index is 0.839. The number of hydrogen-bond acceptors (Lipinski definition) is 3. The Kier molecular flexibility index (Phi) is 3.52. The van der Waals surface area contributed by atoms with Crippen LogP contribution in [0.5, 0.6) is 0 Å². The lowest BCUT2D eigenvalue weighted by Gasteiger charge is -2.31. The van der Waals surface area contributed by atoms with Gasteiger partial charge in [0.05, 0.1) is 0 Å². The Morgan fingerprint density at radius 3 is 2.92 bits per heavy atom. The monoisotopic (exact) mass is 200 g/mol. The van der Waals surface area contributed by atoms with E-state index in [9.17, 15) is 0 Å². The molecular weight excluding hydrogens is 180 g/mol. The first-order chi connectivity index (χ1) is 6.40. The van der Waals surface area contributed by atoms with Gasteiger partial charge in [-0.2, -0.15) is 11.8 Å². The van der Waals surface area contributed by atoms with Crippen molar-refractivity contribution in [2.24, 2.45) is 0 Å². The maximum absolute atomic E-state index is 3.50. The first-order valence-corrected chi connectivity index (χ1v) is 6.66. The second kappa shape index (κ2) is 4.67. The van der Waals surface area contributed by atoms with Crippen molar-refractivity contribution in [3.05, 3.63) is 0 Å². The van der Waals surface area contributed by atoms with Crippen molar-refractivity contribution in [1.29, 1.82) is 0 Å². The molecule has 0 aromatic rings. The quantitative estimate of drug-likeness (QED) is 0.720. The van der Waals surface area contributed by atoms with Crippen LogP contribution in [0.2, 0.25) is 0 Å². The molecule has 2 heterocycles. The van der Waals surface area contributed by atoms with Gasteiger partial charge in [-0.25, -0.2) is 0 Å². The molecule has 2 aliphatic heterocycles. The maximum atomic E-state index is 3.50. The van der Waals surface area contributed by atoms with E-state index in [1.165, 1.54) is 45.4 Å². The number of hydrogen-bond donors (Lipinski definition) is 1. The zero-order chi connectivity index (χ0) is 9.10. The lowest BCUT2D eigenvalue weighted by atomic mass is 10.1. The van der Waals surface area contributed by atoms with Gasteiger partial charge in [0.2, 0.25) is 0 Å². The molecule has 2 nitrogen and oxygen atoms in total. The minimum absolute atomic E-state index is 0.839. The summed E-state index contributed by atoms with van der Waals surface area (Å²) in [5.74, 6) is 0. The van der Waals surface area contributed by atoms with Gasteiger partial charge in [0.25, 0.3) is 0 Å². The Labute approximate surface area is 85.4 Å². The van der Waals surface area contributed by atoms with E-state index in [1.54, 1.807) is 0 Å². The van der Waals surface area contributed by atoms with Crippen molar-refractivity contribution in [1.82, 2.24) is 10.2 Å². The van der Waals surface area contributed by atoms with Crippen molar-refractivity contribution >= 4 is 11.8 Å². The molecule has 0 saturated carbocycles. The second-order valence-electron chi connectivity index (χ2n) is 4.14. The Morgan fingerprint density at radius 2 is 2.31 bits per heavy atom. The van der Waals surface area contributed by atoms with E-state index < -0.39 is 0 Å². The highest BCUT2D eigenvalue weighted by Crippen LogP contribution is 2.23. The number of nitrogens with one attached hydrogen (secondary N) is 1. The van der Waals surface area contributed by atoms with Crippen molar-refractivity contribution in [3.8, 4) is 0 Å². The third kappa shape index (κ3) is 2.39. The summed E-state index contributed by atoms with van der Waals surface area (Å²) in [7, 11) is 0. The van der Waals surface area contributed by atoms with Crippen LogP contribution < -0.4 is 5.32 Å². The minimum Gasteiger partial charge on any atom is -0.315 e. The van der Waals surface area contributed by atoms with Crippen LogP contribution in [0.1, 0.15) is 19.3 Å². The summed E-state index contributed by atoms with van der Waals surface area (Å²) in [6, 6.07) is 0.839. The molecule has 76 valence electrons. The van der Waals surface area contributed by atoms with Crippen molar-refractivity contribution < 1.29 is 0 Å². The summed E-state index contributed by atoms with van der Waals surface area (Å²) in [6.45, 7) is 5.11. The Morgan fingerprint density at radius 1 is 1.38 bits per heavy atom. The lowest BCUT2D eigenvalue weighted by Crippen LogP contribution is -2.45. The van der Waals surface area contributed by atoms with Gasteiger partial charge in [-0.1, -0.05) is 0 Å². The molecule has 0 bridgehead atoms. The molecule has 2 unspecified atom stereocenters. The van der Waals surface area contributed by atoms with Gasteiger partial charge in [-0.05, 0) is 38.6 Å². The average Bonchev–Trinajstić information content (AvgIpc) is 2.67. The molecule has 2 fully saturated rings. The van der Waals surface area contributed by atoms with Crippen LogP contribution in [-0.4, -0.2) is 48.6 Å². The molecule has 0 radical (unpaired) electrons. The van der Waals surface area contributed by atoms with Gasteiger partial charge in [0, 0.05) is 24.4 Å². The maximum Gasteiger partial charge on any atom is 0.0221 e. The fourth-order valence-corrected chi connectivity index (χ4v) is 3.10. The van der Waals surface area contributed by atoms with Crippen LogP contribution >= 0.6 is 11.8 Å². The Bertz CT molecular complexity index is 157. The molecule has 0 aliphatic carbocycles. The van der Waals surface area contributed by atoms with Crippen LogP contribution in [0.15, 0.2) is 0 Å². The van der Waals surface area contributed by atoms with Crippen LogP contribution in [-0.2, 0) is 0 Å². The summed E-state index contributed by atoms with van der Waals surface area (Å²) >= 11 is 2.04. The average molecular weight is 200 g/mol. The molecule has 0 aromatic carbocycles. The summed E-state index contributed by atoms with van der Waals surface area (Å²) in [5, 5.41) is 4.40. The SMILES string of the molecule is CSC1CCN(C2CCCNC2)C1. The first kappa shape index (κ1) is 9.81. The molecule has 2 atom stereocenters. The number of rotatable bonds is 2. The molecule has 13 heavy (non-hydrogen) atoms. The largest absolute Gasteiger partial charge is 0.315 e. The predicted octanol–water partition coefficient (Wildman–Crippen LogP) is 1.18. The van der Waals surface area contributed by atoms with Gasteiger partial charge in [0.1, 0.15) is 0 Å². The van der Waals surface area contributed by atoms with Gasteiger partial charge >= 0.3 is 0 Å². The topological polar surface area (TPSA) is 15.3 Å². The third-order valence-corrected chi connectivity index (χ3v) is 4.35. The van der Waals surface area contributed by atoms with E-state index in [0.29, 0.717) is 0 Å². The van der Waals surface area contributed by atoms with Gasteiger partial charge in [0.15, 0.2) is 0 Å². The van der Waals surface area contributed by atoms with E-state index >= 15 is 0 Å². The molecule has 0 aromatic heterocycles. The van der Waals surface area contributed by atoms with E-state index in [0.717, 1.165) is 11.3 Å². The standard InChI is InChI=1S/C10H20N2S/c1-13-10-4-6-12(8-10)9-3-2-5-11-7-9/h9-11H,2-8H2,1H3. The van der Waals surface area contributed by atoms with Crippen LogP contribution in [0.3, 0.4) is 0 Å². The molecule has 2 aliphatic rings. The molecule has 3 heteroatoms. The van der Waals surface area contributed by atoms with Crippen molar-refractivity contribution in [2.75, 3.05) is 32.4 Å². The molecule has 1 N–H and O–H groups in total. The fourth-order valence-electron chi connectivity index (χ4n) is 2.42. The normalized spacial score (nSPS) is 36.7. The van der Waals surface area contributed by atoms with Gasteiger partial charge in [-0.15, -0.1) is 0 Å². The van der Waals surface area contributed by atoms with E-state index in [4.69, 9.17) is 0 Å². The number of likely N-dealkylation sites (tertiary alicyclic amines) is 1. The second-order valence-corrected chi connectivity index (χ2v) is 5.28. The van der Waals surface area contributed by atoms with Crippen molar-refractivity contribution in [2.45, 2.75) is 30.6 Å². The molecule has 0 spiro atoms. The summed E-state index contributed by atoms with van der Waals surface area (Å²) in [6.07, 6.45) is 6.42. The Hall–Kier alpha value is 0.270. The van der Waals surface area contributed by atoms with Crippen LogP contribution in [0.25, 0.3) is 0 Å². The number of thioether (sulfide) groups is 1. The van der Waals surface area contributed by atoms with Crippen LogP contribution in [0, 0.1) is 0 Å². The first-order valence-electron chi connectivity index (χ1n) is 5.37. The van der Waals surface area contributed by atoms with Crippen molar-refractivity contribution in [3.63, 3.8) is 0 Å². The predicted molar refractivity (Wildman–Crippen MR) is 59.4 cm³/mol. The zero-order valence-electron chi connectivity index (χ0n) is 8.46. The summed E-state index contributed by atoms with van der Waals surface area (Å²) < 4.78 is 0. The highest BCUT2D eigenvalue weighted by atomic mass is 32.2. The van der Waals surface area contributed by atoms with E-state index in [-0.39, 0.29) is 0 Å². The fraction of sp³-hybridized carbons (Fsp3) is 1.00. The van der Waals surface area contributed by atoms with E-state index in [1.807, 2.05) is 11.8 Å². The molecule has 2 saturated heterocycles. The summed E-state index contributed by atoms with van der Waals surface area (Å²) in [5.41, 5.74) is 0. The highest BCUT2D eigenvalue weighted by molar-refractivity contribution is 7.99. The number of nitrogens with zero attached hydrogens (tertiary/aromatic N) is 1. The molecule has 2 rings (SSSR count). The van der Waals surface area contributed by atoms with Crippen LogP contribution in [0.4, 0.5) is 0 Å². The number of piperidine rings is 1. The Balaban J connectivity index is 1.80. The lowest BCUT2D eigenvalue weighted by molar-refractivity contribution is 0.203. The highest BCUT2D eigenvalue weighted by Gasteiger charge is 2.28. The van der Waals surface area contributed by atoms with Gasteiger partial charge < -0.3 is 5.32 Å². The molecular formula is C10H20N2S. The zero-order valence-corrected chi connectivity index (χ0v) is 9.28. The van der Waals surface area contributed by atoms with Gasteiger partial charge in [-0.3, -0.25) is 4.90 Å². The van der Waals surface area contributed by atoms with E-state index in [2.05, 4.69) is 16.5 Å². The third-order valence-electron chi connectivity index (χ3n) is 3.30. The smallest absolute Gasteiger partial charge is 0.0221 e.